The van der Waals surface area contributed by atoms with Crippen LogP contribution in [0.3, 0.4) is 0 Å². The predicted octanol–water partition coefficient (Wildman–Crippen LogP) is 4.92. The molecule has 0 unspecified atom stereocenters. The van der Waals surface area contributed by atoms with Gasteiger partial charge in [-0.3, -0.25) is 4.79 Å². The van der Waals surface area contributed by atoms with Gasteiger partial charge in [-0.1, -0.05) is 41.0 Å². The molecule has 0 aliphatic carbocycles. The molecule has 0 aliphatic rings. The zero-order valence-electron chi connectivity index (χ0n) is 17.7. The Bertz CT molecular complexity index is 1060. The summed E-state index contributed by atoms with van der Waals surface area (Å²) in [5, 5.41) is 20.0. The highest BCUT2D eigenvalue weighted by atomic mass is 35.5. The minimum atomic E-state index is -0.898. The van der Waals surface area contributed by atoms with Crippen LogP contribution in [0.15, 0.2) is 65.4 Å². The van der Waals surface area contributed by atoms with E-state index in [1.165, 1.54) is 6.26 Å². The molecule has 1 amide bonds. The van der Waals surface area contributed by atoms with E-state index in [4.69, 9.17) is 16.1 Å². The van der Waals surface area contributed by atoms with E-state index in [2.05, 4.69) is 21.9 Å². The van der Waals surface area contributed by atoms with Crippen molar-refractivity contribution in [2.24, 2.45) is 0 Å². The molecule has 1 aromatic heterocycles. The number of hydrogen-bond acceptors (Lipinski definition) is 5. The Labute approximate surface area is 187 Å². The molecule has 2 atom stereocenters. The van der Waals surface area contributed by atoms with Gasteiger partial charge in [-0.2, -0.15) is 5.26 Å². The van der Waals surface area contributed by atoms with Gasteiger partial charge in [0.1, 0.15) is 11.8 Å². The summed E-state index contributed by atoms with van der Waals surface area (Å²) in [6, 6.07) is 18.8. The first kappa shape index (κ1) is 22.4. The topological polar surface area (TPSA) is 90.9 Å². The molecule has 0 fully saturated rings. The standard InChI is InChI=1S/C24H25ClN4O2/c1-16(27-23(30)24(2,3)28-22-11-12-31-29-22)21(14-17-7-9-20(25)10-8-17)19-6-4-5-18(13-19)15-26/h4-13,16,21H,14H2,1-3H3,(H,27,30)(H,28,29)/t16-,21+/m0/s1. The van der Waals surface area contributed by atoms with Crippen molar-refractivity contribution in [3.8, 4) is 6.07 Å². The highest BCUT2D eigenvalue weighted by Gasteiger charge is 2.31. The van der Waals surface area contributed by atoms with Crippen molar-refractivity contribution in [3.63, 3.8) is 0 Å². The molecule has 6 nitrogen and oxygen atoms in total. The number of rotatable bonds is 8. The molecule has 0 spiro atoms. The van der Waals surface area contributed by atoms with Gasteiger partial charge >= 0.3 is 0 Å². The summed E-state index contributed by atoms with van der Waals surface area (Å²) in [7, 11) is 0. The lowest BCUT2D eigenvalue weighted by Gasteiger charge is -2.31. The van der Waals surface area contributed by atoms with Crippen molar-refractivity contribution in [3.05, 3.63) is 82.6 Å². The smallest absolute Gasteiger partial charge is 0.245 e. The largest absolute Gasteiger partial charge is 0.363 e. The maximum atomic E-state index is 13.1. The van der Waals surface area contributed by atoms with E-state index in [1.807, 2.05) is 49.4 Å². The fourth-order valence-electron chi connectivity index (χ4n) is 3.44. The molecule has 7 heteroatoms. The van der Waals surface area contributed by atoms with Crippen LogP contribution in [0.25, 0.3) is 0 Å². The van der Waals surface area contributed by atoms with Crippen LogP contribution in [-0.4, -0.2) is 22.6 Å². The Balaban J connectivity index is 1.82. The number of aromatic nitrogens is 1. The monoisotopic (exact) mass is 436 g/mol. The normalized spacial score (nSPS) is 13.1. The quantitative estimate of drug-likeness (QED) is 0.522. The lowest BCUT2D eigenvalue weighted by atomic mass is 9.85. The minimum absolute atomic E-state index is 0.0405. The van der Waals surface area contributed by atoms with E-state index >= 15 is 0 Å². The van der Waals surface area contributed by atoms with Gasteiger partial charge in [0.15, 0.2) is 5.82 Å². The van der Waals surface area contributed by atoms with Crippen LogP contribution in [-0.2, 0) is 11.2 Å². The first-order valence-corrected chi connectivity index (χ1v) is 10.4. The molecule has 2 aromatic carbocycles. The number of hydrogen-bond donors (Lipinski definition) is 2. The van der Waals surface area contributed by atoms with Gasteiger partial charge in [-0.05, 0) is 62.6 Å². The number of nitrogens with zero attached hydrogens (tertiary/aromatic N) is 2. The molecule has 0 bridgehead atoms. The number of amides is 1. The molecule has 2 N–H and O–H groups in total. The molecule has 31 heavy (non-hydrogen) atoms. The molecule has 1 heterocycles. The number of halogens is 1. The molecule has 0 radical (unpaired) electrons. The number of carbonyl (C=O) groups is 1. The average molecular weight is 437 g/mol. The summed E-state index contributed by atoms with van der Waals surface area (Å²) in [6.45, 7) is 5.55. The highest BCUT2D eigenvalue weighted by Crippen LogP contribution is 2.27. The van der Waals surface area contributed by atoms with Crippen LogP contribution in [0.5, 0.6) is 0 Å². The Hall–Kier alpha value is -3.30. The number of benzene rings is 2. The zero-order valence-corrected chi connectivity index (χ0v) is 18.5. The molecular weight excluding hydrogens is 412 g/mol. The van der Waals surface area contributed by atoms with Crippen molar-refractivity contribution < 1.29 is 9.32 Å². The Kier molecular flexibility index (Phi) is 6.98. The summed E-state index contributed by atoms with van der Waals surface area (Å²) in [5.41, 5.74) is 1.77. The van der Waals surface area contributed by atoms with E-state index in [1.54, 1.807) is 26.0 Å². The van der Waals surface area contributed by atoms with Crippen molar-refractivity contribution >= 4 is 23.3 Å². The maximum Gasteiger partial charge on any atom is 0.245 e. The third kappa shape index (κ3) is 5.87. The van der Waals surface area contributed by atoms with E-state index in [9.17, 15) is 10.1 Å². The lowest BCUT2D eigenvalue weighted by Crippen LogP contribution is -2.52. The molecule has 3 aromatic rings. The minimum Gasteiger partial charge on any atom is -0.363 e. The SMILES string of the molecule is C[C@H](NC(=O)C(C)(C)Nc1ccon1)[C@@H](Cc1ccc(Cl)cc1)c1cccc(C#N)c1. The summed E-state index contributed by atoms with van der Waals surface area (Å²) in [5.74, 6) is 0.286. The number of nitriles is 1. The number of carbonyl (C=O) groups excluding carboxylic acids is 1. The first-order chi connectivity index (χ1) is 14.8. The molecular formula is C24H25ClN4O2. The second-order valence-corrected chi connectivity index (χ2v) is 8.51. The predicted molar refractivity (Wildman–Crippen MR) is 121 cm³/mol. The fraction of sp³-hybridized carbons (Fsp3) is 0.292. The van der Waals surface area contributed by atoms with Gasteiger partial charge in [0.2, 0.25) is 5.91 Å². The van der Waals surface area contributed by atoms with Gasteiger partial charge in [-0.15, -0.1) is 0 Å². The number of nitrogens with one attached hydrogen (secondary N) is 2. The van der Waals surface area contributed by atoms with Crippen molar-refractivity contribution in [1.82, 2.24) is 10.5 Å². The Morgan fingerprint density at radius 1 is 1.23 bits per heavy atom. The van der Waals surface area contributed by atoms with Gasteiger partial charge in [0.05, 0.1) is 11.6 Å². The van der Waals surface area contributed by atoms with Gasteiger partial charge in [-0.25, -0.2) is 0 Å². The van der Waals surface area contributed by atoms with E-state index in [0.29, 0.717) is 22.8 Å². The molecule has 3 rings (SSSR count). The van der Waals surface area contributed by atoms with Crippen molar-refractivity contribution in [2.45, 2.75) is 44.7 Å². The fourth-order valence-corrected chi connectivity index (χ4v) is 3.56. The second kappa shape index (κ2) is 9.67. The highest BCUT2D eigenvalue weighted by molar-refractivity contribution is 6.30. The van der Waals surface area contributed by atoms with Crippen molar-refractivity contribution in [2.75, 3.05) is 5.32 Å². The van der Waals surface area contributed by atoms with Gasteiger partial charge < -0.3 is 15.2 Å². The van der Waals surface area contributed by atoms with Crippen LogP contribution < -0.4 is 10.6 Å². The molecule has 0 saturated carbocycles. The van der Waals surface area contributed by atoms with Crippen LogP contribution >= 0.6 is 11.6 Å². The second-order valence-electron chi connectivity index (χ2n) is 8.07. The first-order valence-electron chi connectivity index (χ1n) is 10.0. The molecule has 160 valence electrons. The summed E-state index contributed by atoms with van der Waals surface area (Å²) < 4.78 is 4.83. The summed E-state index contributed by atoms with van der Waals surface area (Å²) in [6.07, 6.45) is 2.13. The third-order valence-corrected chi connectivity index (χ3v) is 5.47. The van der Waals surface area contributed by atoms with E-state index in [0.717, 1.165) is 11.1 Å². The summed E-state index contributed by atoms with van der Waals surface area (Å²) in [4.78, 5) is 13.1. The third-order valence-electron chi connectivity index (χ3n) is 5.22. The summed E-state index contributed by atoms with van der Waals surface area (Å²) >= 11 is 6.03. The average Bonchev–Trinajstić information content (AvgIpc) is 3.25. The molecule has 0 saturated heterocycles. The van der Waals surface area contributed by atoms with E-state index < -0.39 is 5.54 Å². The lowest BCUT2D eigenvalue weighted by molar-refractivity contribution is -0.125. The number of anilines is 1. The van der Waals surface area contributed by atoms with Gasteiger partial charge in [0.25, 0.3) is 0 Å². The molecule has 0 aliphatic heterocycles. The van der Waals surface area contributed by atoms with Crippen LogP contribution in [0.4, 0.5) is 5.82 Å². The Morgan fingerprint density at radius 2 is 1.97 bits per heavy atom. The maximum absolute atomic E-state index is 13.1. The van der Waals surface area contributed by atoms with Crippen molar-refractivity contribution in [1.29, 1.82) is 5.26 Å². The van der Waals surface area contributed by atoms with Crippen LogP contribution in [0.1, 0.15) is 43.4 Å². The van der Waals surface area contributed by atoms with E-state index in [-0.39, 0.29) is 17.9 Å². The van der Waals surface area contributed by atoms with Gasteiger partial charge in [0, 0.05) is 23.0 Å². The Morgan fingerprint density at radius 3 is 2.61 bits per heavy atom. The van der Waals surface area contributed by atoms with Crippen LogP contribution in [0, 0.1) is 11.3 Å². The zero-order chi connectivity index (χ0) is 22.4. The van der Waals surface area contributed by atoms with Crippen LogP contribution in [0.2, 0.25) is 5.02 Å².